The molecule has 0 spiro atoms. The Morgan fingerprint density at radius 3 is 3.00 bits per heavy atom. The van der Waals surface area contributed by atoms with Crippen LogP contribution in [0.4, 0.5) is 5.82 Å². The highest BCUT2D eigenvalue weighted by atomic mass is 32.1. The number of hydrogen-bond donors (Lipinski definition) is 1. The summed E-state index contributed by atoms with van der Waals surface area (Å²) >= 11 is 1.80. The third-order valence-corrected chi connectivity index (χ3v) is 5.62. The van der Waals surface area contributed by atoms with Gasteiger partial charge in [-0.25, -0.2) is 9.97 Å². The molecule has 0 aliphatic heterocycles. The maximum atomic E-state index is 12.0. The Kier molecular flexibility index (Phi) is 4.80. The number of rotatable bonds is 5. The van der Waals surface area contributed by atoms with Gasteiger partial charge in [-0.05, 0) is 44.6 Å². The molecule has 3 rings (SSSR count). The van der Waals surface area contributed by atoms with E-state index in [2.05, 4.69) is 34.0 Å². The molecule has 0 bridgehead atoms. The second-order valence-electron chi connectivity index (χ2n) is 6.20. The fraction of sp³-hybridized carbons (Fsp3) is 0.588. The van der Waals surface area contributed by atoms with Crippen LogP contribution in [0.2, 0.25) is 0 Å². The quantitative estimate of drug-likeness (QED) is 0.915. The van der Waals surface area contributed by atoms with Crippen LogP contribution in [-0.2, 0) is 17.6 Å². The van der Waals surface area contributed by atoms with Crippen LogP contribution < -0.4 is 10.2 Å². The van der Waals surface area contributed by atoms with Crippen molar-refractivity contribution < 1.29 is 4.79 Å². The first-order valence-electron chi connectivity index (χ1n) is 8.40. The van der Waals surface area contributed by atoms with E-state index in [1.165, 1.54) is 22.2 Å². The molecule has 1 aliphatic rings. The smallest absolute Gasteiger partial charge is 0.239 e. The lowest BCUT2D eigenvalue weighted by atomic mass is 9.89. The summed E-state index contributed by atoms with van der Waals surface area (Å²) in [7, 11) is 0. The van der Waals surface area contributed by atoms with Crippen LogP contribution >= 0.6 is 11.3 Å². The number of nitrogens with zero attached hydrogens (tertiary/aromatic N) is 3. The van der Waals surface area contributed by atoms with Crippen LogP contribution in [0.15, 0.2) is 6.33 Å². The van der Waals surface area contributed by atoms with Crippen molar-refractivity contribution in [2.75, 3.05) is 24.5 Å². The van der Waals surface area contributed by atoms with Crippen molar-refractivity contribution >= 4 is 33.3 Å². The van der Waals surface area contributed by atoms with E-state index in [1.54, 1.807) is 17.7 Å². The summed E-state index contributed by atoms with van der Waals surface area (Å²) in [6, 6.07) is 0. The van der Waals surface area contributed by atoms with Gasteiger partial charge in [-0.3, -0.25) is 4.79 Å². The van der Waals surface area contributed by atoms with Gasteiger partial charge in [0.1, 0.15) is 17.0 Å². The second kappa shape index (κ2) is 6.83. The molecule has 0 fully saturated rings. The molecule has 0 unspecified atom stereocenters. The summed E-state index contributed by atoms with van der Waals surface area (Å²) in [6.07, 6.45) is 5.08. The maximum absolute atomic E-state index is 12.0. The van der Waals surface area contributed by atoms with Gasteiger partial charge in [0.15, 0.2) is 0 Å². The minimum atomic E-state index is 0.0406. The number of thiophene rings is 1. The summed E-state index contributed by atoms with van der Waals surface area (Å²) < 4.78 is 0. The van der Waals surface area contributed by atoms with Crippen molar-refractivity contribution in [3.8, 4) is 0 Å². The van der Waals surface area contributed by atoms with Crippen molar-refractivity contribution in [3.63, 3.8) is 0 Å². The summed E-state index contributed by atoms with van der Waals surface area (Å²) in [4.78, 5) is 25.6. The molecule has 2 aromatic heterocycles. The van der Waals surface area contributed by atoms with Gasteiger partial charge in [0, 0.05) is 18.0 Å². The summed E-state index contributed by atoms with van der Waals surface area (Å²) in [5, 5.41) is 4.04. The SMILES string of the molecule is CCNC(=O)CN(CC)c1ncnc2sc3c(c12)CC[C@@H](C)C3. The van der Waals surface area contributed by atoms with Crippen LogP contribution in [0.3, 0.4) is 0 Å². The van der Waals surface area contributed by atoms with Gasteiger partial charge >= 0.3 is 0 Å². The Morgan fingerprint density at radius 1 is 1.43 bits per heavy atom. The zero-order valence-corrected chi connectivity index (χ0v) is 14.9. The van der Waals surface area contributed by atoms with Crippen molar-refractivity contribution in [3.05, 3.63) is 16.8 Å². The monoisotopic (exact) mass is 332 g/mol. The zero-order chi connectivity index (χ0) is 16.4. The van der Waals surface area contributed by atoms with Crippen LogP contribution in [0.25, 0.3) is 10.2 Å². The number of carbonyl (C=O) groups excluding carboxylic acids is 1. The van der Waals surface area contributed by atoms with Crippen molar-refractivity contribution in [1.29, 1.82) is 0 Å². The number of hydrogen-bond acceptors (Lipinski definition) is 5. The van der Waals surface area contributed by atoms with E-state index in [1.807, 2.05) is 6.92 Å². The fourth-order valence-corrected chi connectivity index (χ4v) is 4.61. The normalized spacial score (nSPS) is 17.1. The summed E-state index contributed by atoms with van der Waals surface area (Å²) in [5.41, 5.74) is 1.41. The van der Waals surface area contributed by atoms with Gasteiger partial charge in [-0.15, -0.1) is 11.3 Å². The lowest BCUT2D eigenvalue weighted by Crippen LogP contribution is -2.37. The van der Waals surface area contributed by atoms with Crippen molar-refractivity contribution in [2.24, 2.45) is 5.92 Å². The average Bonchev–Trinajstić information content (AvgIpc) is 2.90. The molecule has 5 nitrogen and oxygen atoms in total. The predicted molar refractivity (Wildman–Crippen MR) is 95.2 cm³/mol. The highest BCUT2D eigenvalue weighted by molar-refractivity contribution is 7.19. The molecule has 1 amide bonds. The number of fused-ring (bicyclic) bond motifs is 3. The molecule has 2 heterocycles. The first-order valence-corrected chi connectivity index (χ1v) is 9.22. The van der Waals surface area contributed by atoms with E-state index in [9.17, 15) is 4.79 Å². The number of nitrogens with one attached hydrogen (secondary N) is 1. The van der Waals surface area contributed by atoms with Gasteiger partial charge in [-0.1, -0.05) is 6.92 Å². The van der Waals surface area contributed by atoms with Crippen LogP contribution in [-0.4, -0.2) is 35.5 Å². The van der Waals surface area contributed by atoms with Gasteiger partial charge in [0.05, 0.1) is 11.9 Å². The van der Waals surface area contributed by atoms with Crippen molar-refractivity contribution in [2.45, 2.75) is 40.0 Å². The number of anilines is 1. The Bertz CT molecular complexity index is 712. The highest BCUT2D eigenvalue weighted by Crippen LogP contribution is 2.40. The van der Waals surface area contributed by atoms with E-state index in [0.29, 0.717) is 13.1 Å². The molecule has 1 atom stereocenters. The highest BCUT2D eigenvalue weighted by Gasteiger charge is 2.25. The van der Waals surface area contributed by atoms with E-state index >= 15 is 0 Å². The molecule has 0 saturated heterocycles. The van der Waals surface area contributed by atoms with E-state index < -0.39 is 0 Å². The third-order valence-electron chi connectivity index (χ3n) is 4.46. The van der Waals surface area contributed by atoms with Crippen LogP contribution in [0.5, 0.6) is 0 Å². The molecule has 1 aliphatic carbocycles. The van der Waals surface area contributed by atoms with Gasteiger partial charge in [0.25, 0.3) is 0 Å². The lowest BCUT2D eigenvalue weighted by Gasteiger charge is -2.23. The molecule has 0 saturated carbocycles. The summed E-state index contributed by atoms with van der Waals surface area (Å²) in [5.74, 6) is 1.69. The number of aryl methyl sites for hydroxylation is 1. The Hall–Kier alpha value is -1.69. The minimum absolute atomic E-state index is 0.0406. The third kappa shape index (κ3) is 3.17. The molecule has 6 heteroatoms. The van der Waals surface area contributed by atoms with Gasteiger partial charge < -0.3 is 10.2 Å². The fourth-order valence-electron chi connectivity index (χ4n) is 3.26. The number of carbonyl (C=O) groups is 1. The van der Waals surface area contributed by atoms with E-state index in [0.717, 1.165) is 36.0 Å². The molecule has 0 aromatic carbocycles. The number of likely N-dealkylation sites (N-methyl/N-ethyl adjacent to an activating group) is 2. The van der Waals surface area contributed by atoms with Gasteiger partial charge in [-0.2, -0.15) is 0 Å². The van der Waals surface area contributed by atoms with E-state index in [4.69, 9.17) is 0 Å². The standard InChI is InChI=1S/C17H24N4OS/c1-4-18-14(22)9-21(5-2)16-15-12-7-6-11(3)8-13(12)23-17(15)20-10-19-16/h10-11H,4-9H2,1-3H3,(H,18,22)/t11-/m1/s1. The maximum Gasteiger partial charge on any atom is 0.239 e. The van der Waals surface area contributed by atoms with Crippen molar-refractivity contribution in [1.82, 2.24) is 15.3 Å². The number of amides is 1. The Morgan fingerprint density at radius 2 is 2.26 bits per heavy atom. The van der Waals surface area contributed by atoms with Crippen LogP contribution in [0, 0.1) is 5.92 Å². The van der Waals surface area contributed by atoms with Gasteiger partial charge in [0.2, 0.25) is 5.91 Å². The van der Waals surface area contributed by atoms with Crippen LogP contribution in [0.1, 0.15) is 37.6 Å². The topological polar surface area (TPSA) is 58.1 Å². The zero-order valence-electron chi connectivity index (χ0n) is 14.1. The first-order chi connectivity index (χ1) is 11.1. The molecular formula is C17H24N4OS. The average molecular weight is 332 g/mol. The molecule has 124 valence electrons. The first kappa shape index (κ1) is 16.2. The molecule has 23 heavy (non-hydrogen) atoms. The largest absolute Gasteiger partial charge is 0.355 e. The Balaban J connectivity index is 2.01. The Labute approximate surface area is 141 Å². The minimum Gasteiger partial charge on any atom is -0.355 e. The summed E-state index contributed by atoms with van der Waals surface area (Å²) in [6.45, 7) is 8.07. The molecule has 0 radical (unpaired) electrons. The predicted octanol–water partition coefficient (Wildman–Crippen LogP) is 2.78. The lowest BCUT2D eigenvalue weighted by molar-refractivity contribution is -0.119. The van der Waals surface area contributed by atoms with E-state index in [-0.39, 0.29) is 5.91 Å². The second-order valence-corrected chi connectivity index (χ2v) is 7.28. The molecular weight excluding hydrogens is 308 g/mol. The molecule has 1 N–H and O–H groups in total. The number of aromatic nitrogens is 2. The molecule has 2 aromatic rings.